The summed E-state index contributed by atoms with van der Waals surface area (Å²) in [6.45, 7) is 0. The Bertz CT molecular complexity index is 3230. The fourth-order valence-electron chi connectivity index (χ4n) is 8.61. The molecule has 0 N–H and O–H groups in total. The standard InChI is InChI=1S/C53H35N3/c1-2-4-16-43(15-3-1)56-50-20-8-7-18-46(50)47-28-26-42(34-51(47)56)40-14-10-12-38(32-40)36-23-21-35(22-24-36)37-11-9-13-39(31-37)41-25-27-45-44-17-5-6-19-48(44)52-53(49(45)33-41)55-30-29-54-52/h1-15,17-34H,16H2. The summed E-state index contributed by atoms with van der Waals surface area (Å²) in [5.74, 6) is 0. The number of allylic oxidation sites excluding steroid dienone is 6. The molecule has 10 aromatic rings. The molecule has 0 saturated carbocycles. The molecule has 3 heteroatoms. The van der Waals surface area contributed by atoms with Gasteiger partial charge in [-0.2, -0.15) is 0 Å². The van der Waals surface area contributed by atoms with Gasteiger partial charge in [-0.15, -0.1) is 0 Å². The van der Waals surface area contributed by atoms with Gasteiger partial charge in [0.05, 0.1) is 22.1 Å². The van der Waals surface area contributed by atoms with Crippen molar-refractivity contribution in [1.29, 1.82) is 0 Å². The summed E-state index contributed by atoms with van der Waals surface area (Å²) < 4.78 is 2.43. The van der Waals surface area contributed by atoms with Crippen LogP contribution in [0.5, 0.6) is 0 Å². The van der Waals surface area contributed by atoms with E-state index in [2.05, 4.69) is 193 Å². The molecular formula is C53H35N3. The minimum atomic E-state index is 0.884. The number of para-hydroxylation sites is 1. The normalized spacial score (nSPS) is 12.9. The number of nitrogens with zero attached hydrogens (tertiary/aromatic N) is 3. The van der Waals surface area contributed by atoms with E-state index in [-0.39, 0.29) is 0 Å². The Hall–Kier alpha value is -7.36. The van der Waals surface area contributed by atoms with Crippen molar-refractivity contribution in [2.45, 2.75) is 6.42 Å². The quantitative estimate of drug-likeness (QED) is 0.166. The van der Waals surface area contributed by atoms with Crippen LogP contribution in [0.25, 0.3) is 105 Å². The van der Waals surface area contributed by atoms with Crippen LogP contribution in [0.1, 0.15) is 6.42 Å². The molecule has 0 fully saturated rings. The highest BCUT2D eigenvalue weighted by molar-refractivity contribution is 6.23. The zero-order chi connectivity index (χ0) is 37.0. The lowest BCUT2D eigenvalue weighted by Gasteiger charge is -2.12. The van der Waals surface area contributed by atoms with E-state index < -0.39 is 0 Å². The van der Waals surface area contributed by atoms with Gasteiger partial charge in [0.1, 0.15) is 0 Å². The first kappa shape index (κ1) is 32.1. The van der Waals surface area contributed by atoms with Gasteiger partial charge in [0, 0.05) is 46.1 Å². The maximum Gasteiger partial charge on any atom is 0.0971 e. The van der Waals surface area contributed by atoms with E-state index in [1.54, 1.807) is 12.4 Å². The summed E-state index contributed by atoms with van der Waals surface area (Å²) >= 11 is 0. The van der Waals surface area contributed by atoms with E-state index in [0.29, 0.717) is 0 Å². The Morgan fingerprint density at radius 1 is 0.357 bits per heavy atom. The molecule has 2 heterocycles. The zero-order valence-electron chi connectivity index (χ0n) is 30.6. The monoisotopic (exact) mass is 713 g/mol. The summed E-state index contributed by atoms with van der Waals surface area (Å²) in [5, 5.41) is 7.20. The van der Waals surface area contributed by atoms with Gasteiger partial charge in [-0.1, -0.05) is 152 Å². The first-order valence-corrected chi connectivity index (χ1v) is 19.2. The summed E-state index contributed by atoms with van der Waals surface area (Å²) in [7, 11) is 0. The van der Waals surface area contributed by atoms with Crippen LogP contribution in [0, 0.1) is 0 Å². The molecule has 0 aliphatic heterocycles. The van der Waals surface area contributed by atoms with Crippen LogP contribution in [-0.4, -0.2) is 14.5 Å². The lowest BCUT2D eigenvalue weighted by Crippen LogP contribution is -1.96. The highest BCUT2D eigenvalue weighted by Gasteiger charge is 2.15. The Kier molecular flexibility index (Phi) is 7.56. The Labute approximate surface area is 324 Å². The average molecular weight is 714 g/mol. The largest absolute Gasteiger partial charge is 0.313 e. The van der Waals surface area contributed by atoms with E-state index in [4.69, 9.17) is 9.97 Å². The van der Waals surface area contributed by atoms with Crippen LogP contribution < -0.4 is 0 Å². The van der Waals surface area contributed by atoms with Crippen molar-refractivity contribution in [1.82, 2.24) is 14.5 Å². The Balaban J connectivity index is 0.922. The molecule has 2 aromatic heterocycles. The Morgan fingerprint density at radius 2 is 0.875 bits per heavy atom. The third-order valence-corrected chi connectivity index (χ3v) is 11.3. The summed E-state index contributed by atoms with van der Waals surface area (Å²) in [5.41, 5.74) is 15.1. The molecule has 0 saturated heterocycles. The molecule has 262 valence electrons. The molecule has 0 unspecified atom stereocenters. The SMILES string of the molecule is C1=CC=C(n2c3ccccc3c3ccc(-c4cccc(-c5ccc(-c6cccc(-c7ccc8c9ccccc9c9nccnc9c8c7)c6)cc5)c4)cc32)CC=C1. The Morgan fingerprint density at radius 3 is 1.59 bits per heavy atom. The highest BCUT2D eigenvalue weighted by Crippen LogP contribution is 2.38. The number of benzene rings is 8. The molecule has 0 spiro atoms. The molecule has 0 bridgehead atoms. The van der Waals surface area contributed by atoms with E-state index in [1.165, 1.54) is 77.2 Å². The van der Waals surface area contributed by atoms with Crippen LogP contribution >= 0.6 is 0 Å². The molecule has 1 aliphatic rings. The second-order valence-electron chi connectivity index (χ2n) is 14.6. The number of aromatic nitrogens is 3. The average Bonchev–Trinajstić information content (AvgIpc) is 3.38. The maximum atomic E-state index is 4.79. The fraction of sp³-hybridized carbons (Fsp3) is 0.0189. The molecule has 3 nitrogen and oxygen atoms in total. The fourth-order valence-corrected chi connectivity index (χ4v) is 8.61. The van der Waals surface area contributed by atoms with Gasteiger partial charge in [0.2, 0.25) is 0 Å². The van der Waals surface area contributed by atoms with Gasteiger partial charge in [0.15, 0.2) is 0 Å². The van der Waals surface area contributed by atoms with Crippen LogP contribution in [0.15, 0.2) is 200 Å². The van der Waals surface area contributed by atoms with E-state index in [1.807, 2.05) is 0 Å². The number of rotatable bonds is 5. The smallest absolute Gasteiger partial charge is 0.0971 e. The minimum Gasteiger partial charge on any atom is -0.313 e. The van der Waals surface area contributed by atoms with Crippen LogP contribution in [-0.2, 0) is 0 Å². The molecule has 11 rings (SSSR count). The van der Waals surface area contributed by atoms with Crippen molar-refractivity contribution in [3.8, 4) is 44.5 Å². The molecule has 0 atom stereocenters. The van der Waals surface area contributed by atoms with Crippen molar-refractivity contribution < 1.29 is 0 Å². The topological polar surface area (TPSA) is 30.7 Å². The van der Waals surface area contributed by atoms with Gasteiger partial charge in [-0.05, 0) is 91.7 Å². The zero-order valence-corrected chi connectivity index (χ0v) is 30.6. The van der Waals surface area contributed by atoms with E-state index in [9.17, 15) is 0 Å². The van der Waals surface area contributed by atoms with Crippen molar-refractivity contribution in [2.24, 2.45) is 0 Å². The first-order chi connectivity index (χ1) is 27.8. The second-order valence-corrected chi connectivity index (χ2v) is 14.6. The van der Waals surface area contributed by atoms with Gasteiger partial charge < -0.3 is 4.57 Å². The molecule has 0 amide bonds. The molecule has 0 radical (unpaired) electrons. The van der Waals surface area contributed by atoms with Crippen molar-refractivity contribution in [2.75, 3.05) is 0 Å². The van der Waals surface area contributed by atoms with Gasteiger partial charge in [0.25, 0.3) is 0 Å². The van der Waals surface area contributed by atoms with Crippen molar-refractivity contribution >= 4 is 60.1 Å². The van der Waals surface area contributed by atoms with E-state index in [0.717, 1.165) is 33.8 Å². The lowest BCUT2D eigenvalue weighted by molar-refractivity contribution is 1.14. The first-order valence-electron chi connectivity index (χ1n) is 19.2. The van der Waals surface area contributed by atoms with Gasteiger partial charge >= 0.3 is 0 Å². The van der Waals surface area contributed by atoms with Crippen molar-refractivity contribution in [3.05, 3.63) is 200 Å². The summed E-state index contributed by atoms with van der Waals surface area (Å²) in [6.07, 6.45) is 15.3. The highest BCUT2D eigenvalue weighted by atomic mass is 15.0. The van der Waals surface area contributed by atoms with E-state index >= 15 is 0 Å². The van der Waals surface area contributed by atoms with Crippen LogP contribution in [0.3, 0.4) is 0 Å². The molecule has 1 aliphatic carbocycles. The summed E-state index contributed by atoms with van der Waals surface area (Å²) in [4.78, 5) is 9.53. The predicted molar refractivity (Wildman–Crippen MR) is 236 cm³/mol. The predicted octanol–water partition coefficient (Wildman–Crippen LogP) is 14.1. The number of fused-ring (bicyclic) bond motifs is 9. The van der Waals surface area contributed by atoms with Crippen molar-refractivity contribution in [3.63, 3.8) is 0 Å². The second kappa shape index (κ2) is 13.2. The summed E-state index contributed by atoms with van der Waals surface area (Å²) in [6, 6.07) is 57.6. The van der Waals surface area contributed by atoms with Crippen LogP contribution in [0.4, 0.5) is 0 Å². The molecule has 56 heavy (non-hydrogen) atoms. The third kappa shape index (κ3) is 5.36. The number of hydrogen-bond acceptors (Lipinski definition) is 2. The van der Waals surface area contributed by atoms with Crippen LogP contribution in [0.2, 0.25) is 0 Å². The number of hydrogen-bond donors (Lipinski definition) is 0. The van der Waals surface area contributed by atoms with Gasteiger partial charge in [-0.3, -0.25) is 9.97 Å². The molecular weight excluding hydrogens is 679 g/mol. The van der Waals surface area contributed by atoms with Gasteiger partial charge in [-0.25, -0.2) is 0 Å². The molecule has 8 aromatic carbocycles. The minimum absolute atomic E-state index is 0.884. The maximum absolute atomic E-state index is 4.79. The lowest BCUT2D eigenvalue weighted by atomic mass is 9.93. The third-order valence-electron chi connectivity index (χ3n) is 11.3.